The van der Waals surface area contributed by atoms with E-state index in [9.17, 15) is 24.6 Å². The van der Waals surface area contributed by atoms with Gasteiger partial charge in [0.05, 0.1) is 17.1 Å². The minimum absolute atomic E-state index is 0.0407. The maximum Gasteiger partial charge on any atom is 0.202 e. The highest BCUT2D eigenvalue weighted by Crippen LogP contribution is 2.69. The van der Waals surface area contributed by atoms with E-state index in [0.29, 0.717) is 0 Å². The van der Waals surface area contributed by atoms with Crippen LogP contribution in [0.2, 0.25) is 0 Å². The number of rotatable bonds is 0. The summed E-state index contributed by atoms with van der Waals surface area (Å²) in [5.74, 6) is -2.70. The average Bonchev–Trinajstić information content (AvgIpc) is 3.23. The topological polar surface area (TPSA) is 104 Å². The zero-order valence-electron chi connectivity index (χ0n) is 13.5. The highest BCUT2D eigenvalue weighted by atomic mass is 16.6. The van der Waals surface area contributed by atoms with Gasteiger partial charge in [-0.1, -0.05) is 17.7 Å². The summed E-state index contributed by atoms with van der Waals surface area (Å²) in [6.07, 6.45) is 2.05. The zero-order chi connectivity index (χ0) is 17.8. The maximum atomic E-state index is 13.3. The third-order valence-corrected chi connectivity index (χ3v) is 6.22. The fourth-order valence-corrected chi connectivity index (χ4v) is 5.27. The second kappa shape index (κ2) is 4.08. The van der Waals surface area contributed by atoms with Crippen molar-refractivity contribution < 1.29 is 29.3 Å². The Morgan fingerprint density at radius 1 is 1.16 bits per heavy atom. The molecule has 6 heteroatoms. The van der Waals surface area contributed by atoms with Crippen LogP contribution in [0.15, 0.2) is 29.8 Å². The maximum absolute atomic E-state index is 13.3. The summed E-state index contributed by atoms with van der Waals surface area (Å²) in [6, 6.07) is 4.29. The van der Waals surface area contributed by atoms with Gasteiger partial charge in [0.25, 0.3) is 0 Å². The molecular weight excluding hydrogens is 324 g/mol. The molecule has 128 valence electrons. The first-order valence-corrected chi connectivity index (χ1v) is 8.32. The first-order chi connectivity index (χ1) is 11.8. The fourth-order valence-electron chi connectivity index (χ4n) is 5.27. The fraction of sp³-hybridized carbons (Fsp3) is 0.421. The number of ether oxygens (including phenoxy) is 1. The number of phenols is 1. The molecule has 0 bridgehead atoms. The van der Waals surface area contributed by atoms with E-state index in [4.69, 9.17) is 4.74 Å². The second-order valence-electron chi connectivity index (χ2n) is 7.63. The minimum Gasteiger partial charge on any atom is -0.507 e. The number of aromatic hydroxyl groups is 1. The van der Waals surface area contributed by atoms with Crippen LogP contribution < -0.4 is 0 Å². The SMILES string of the molecule is CC1=CC(=O)[C@@H]2[C@@](O)(CC[C@]34O[C@]23C(=O)c2cccc(O)c2C4=O)C1. The Morgan fingerprint density at radius 2 is 1.92 bits per heavy atom. The molecule has 2 N–H and O–H groups in total. The van der Waals surface area contributed by atoms with Gasteiger partial charge in [-0.25, -0.2) is 0 Å². The Morgan fingerprint density at radius 3 is 2.68 bits per heavy atom. The standard InChI is InChI=1S/C19H16O6/c1-9-7-12(21)14-17(24,8-9)5-6-18-16(23)13-10(3-2-4-11(13)20)15(22)19(14,18)25-18/h2-4,7,14,20,24H,5-6,8H2,1H3/t14-,17-,18-,19+/m1/s1. The van der Waals surface area contributed by atoms with Crippen LogP contribution in [0.5, 0.6) is 5.75 Å². The summed E-state index contributed by atoms with van der Waals surface area (Å²) in [6.45, 7) is 1.76. The molecule has 1 saturated heterocycles. The molecule has 1 saturated carbocycles. The molecule has 1 aromatic rings. The first kappa shape index (κ1) is 15.0. The van der Waals surface area contributed by atoms with Gasteiger partial charge in [0.2, 0.25) is 5.78 Å². The molecule has 0 amide bonds. The van der Waals surface area contributed by atoms with E-state index >= 15 is 0 Å². The normalized spacial score (nSPS) is 41.3. The Labute approximate surface area is 143 Å². The minimum atomic E-state index is -1.65. The number of ketones is 3. The highest BCUT2D eigenvalue weighted by molar-refractivity contribution is 6.28. The van der Waals surface area contributed by atoms with Gasteiger partial charge >= 0.3 is 0 Å². The summed E-state index contributed by atoms with van der Waals surface area (Å²) in [5, 5.41) is 21.2. The average molecular weight is 340 g/mol. The number of carbonyl (C=O) groups is 3. The lowest BCUT2D eigenvalue weighted by Gasteiger charge is -2.46. The van der Waals surface area contributed by atoms with Gasteiger partial charge in [0.15, 0.2) is 22.8 Å². The number of fused-ring (bicyclic) bond motifs is 2. The van der Waals surface area contributed by atoms with Crippen LogP contribution >= 0.6 is 0 Å². The summed E-state index contributed by atoms with van der Waals surface area (Å²) in [4.78, 5) is 39.1. The molecule has 2 fully saturated rings. The van der Waals surface area contributed by atoms with Gasteiger partial charge < -0.3 is 14.9 Å². The smallest absolute Gasteiger partial charge is 0.202 e. The molecule has 1 aliphatic heterocycles. The van der Waals surface area contributed by atoms with Crippen LogP contribution in [-0.4, -0.2) is 44.4 Å². The molecule has 0 aromatic heterocycles. The van der Waals surface area contributed by atoms with Crippen molar-refractivity contribution in [1.82, 2.24) is 0 Å². The quantitative estimate of drug-likeness (QED) is 0.691. The lowest BCUT2D eigenvalue weighted by atomic mass is 9.54. The lowest BCUT2D eigenvalue weighted by Crippen LogP contribution is -2.63. The molecule has 1 aromatic carbocycles. The van der Waals surface area contributed by atoms with Crippen LogP contribution in [0.1, 0.15) is 46.9 Å². The third kappa shape index (κ3) is 1.43. The van der Waals surface area contributed by atoms with Crippen molar-refractivity contribution in [2.75, 3.05) is 0 Å². The van der Waals surface area contributed by atoms with E-state index in [2.05, 4.69) is 0 Å². The number of phenolic OH excluding ortho intramolecular Hbond substituents is 1. The van der Waals surface area contributed by atoms with Crippen LogP contribution in [0.25, 0.3) is 0 Å². The van der Waals surface area contributed by atoms with Crippen molar-refractivity contribution in [2.24, 2.45) is 5.92 Å². The van der Waals surface area contributed by atoms with Crippen LogP contribution in [0.4, 0.5) is 0 Å². The zero-order valence-corrected chi connectivity index (χ0v) is 13.5. The van der Waals surface area contributed by atoms with E-state index in [1.165, 1.54) is 24.3 Å². The number of carbonyl (C=O) groups excluding carboxylic acids is 3. The van der Waals surface area contributed by atoms with Gasteiger partial charge in [0, 0.05) is 5.56 Å². The van der Waals surface area contributed by atoms with Gasteiger partial charge in [0.1, 0.15) is 5.75 Å². The molecular formula is C19H16O6. The Hall–Kier alpha value is -2.31. The number of aliphatic hydroxyl groups is 1. The molecule has 0 unspecified atom stereocenters. The molecule has 0 spiro atoms. The molecule has 4 aliphatic rings. The van der Waals surface area contributed by atoms with Crippen molar-refractivity contribution in [2.45, 2.75) is 43.0 Å². The van der Waals surface area contributed by atoms with Crippen LogP contribution in [0.3, 0.4) is 0 Å². The van der Waals surface area contributed by atoms with Gasteiger partial charge in [-0.2, -0.15) is 0 Å². The van der Waals surface area contributed by atoms with E-state index < -0.39 is 34.3 Å². The number of benzene rings is 1. The first-order valence-electron chi connectivity index (χ1n) is 8.32. The Bertz CT molecular complexity index is 930. The number of Topliss-reactive ketones (excluding diaryl/α,β-unsaturated/α-hetero) is 2. The Balaban J connectivity index is 1.77. The number of hydrogen-bond donors (Lipinski definition) is 2. The van der Waals surface area contributed by atoms with Crippen molar-refractivity contribution in [3.63, 3.8) is 0 Å². The highest BCUT2D eigenvalue weighted by Gasteiger charge is 2.88. The van der Waals surface area contributed by atoms with Gasteiger partial charge in [-0.15, -0.1) is 0 Å². The second-order valence-corrected chi connectivity index (χ2v) is 7.63. The van der Waals surface area contributed by atoms with Crippen molar-refractivity contribution in [3.8, 4) is 5.75 Å². The largest absolute Gasteiger partial charge is 0.507 e. The molecule has 3 aliphatic carbocycles. The molecule has 4 atom stereocenters. The molecule has 5 rings (SSSR count). The lowest BCUT2D eigenvalue weighted by molar-refractivity contribution is -0.136. The summed E-state index contributed by atoms with van der Waals surface area (Å²) in [5.41, 5.74) is -3.71. The van der Waals surface area contributed by atoms with Crippen molar-refractivity contribution in [1.29, 1.82) is 0 Å². The Kier molecular flexibility index (Phi) is 2.45. The summed E-state index contributed by atoms with van der Waals surface area (Å²) >= 11 is 0. The third-order valence-electron chi connectivity index (χ3n) is 6.22. The molecule has 6 nitrogen and oxygen atoms in total. The van der Waals surface area contributed by atoms with E-state index in [0.717, 1.165) is 5.57 Å². The number of epoxide rings is 1. The van der Waals surface area contributed by atoms with Crippen molar-refractivity contribution >= 4 is 17.3 Å². The molecule has 0 radical (unpaired) electrons. The molecule has 25 heavy (non-hydrogen) atoms. The monoisotopic (exact) mass is 340 g/mol. The summed E-state index contributed by atoms with van der Waals surface area (Å²) < 4.78 is 5.80. The van der Waals surface area contributed by atoms with Gasteiger partial charge in [-0.05, 0) is 38.3 Å². The molecule has 1 heterocycles. The van der Waals surface area contributed by atoms with Crippen LogP contribution in [0, 0.1) is 5.92 Å². The van der Waals surface area contributed by atoms with E-state index in [-0.39, 0.29) is 41.9 Å². The van der Waals surface area contributed by atoms with Crippen LogP contribution in [-0.2, 0) is 9.53 Å². The number of hydrogen-bond acceptors (Lipinski definition) is 6. The predicted octanol–water partition coefficient (Wildman–Crippen LogP) is 1.34. The van der Waals surface area contributed by atoms with E-state index in [1.54, 1.807) is 6.92 Å². The summed E-state index contributed by atoms with van der Waals surface area (Å²) in [7, 11) is 0. The van der Waals surface area contributed by atoms with Crippen molar-refractivity contribution in [3.05, 3.63) is 41.0 Å². The van der Waals surface area contributed by atoms with E-state index in [1.807, 2.05) is 0 Å². The van der Waals surface area contributed by atoms with Gasteiger partial charge in [-0.3, -0.25) is 14.4 Å². The number of allylic oxidation sites excluding steroid dienone is 1. The predicted molar refractivity (Wildman–Crippen MR) is 84.4 cm³/mol.